The number of benzene rings is 1. The minimum Gasteiger partial charge on any atom is -0.388 e. The van der Waals surface area contributed by atoms with E-state index in [4.69, 9.17) is 5.73 Å². The lowest BCUT2D eigenvalue weighted by Crippen LogP contribution is -2.27. The highest BCUT2D eigenvalue weighted by atomic mass is 19.1. The number of aliphatic hydroxyl groups excluding tert-OH is 1. The van der Waals surface area contributed by atoms with Gasteiger partial charge in [-0.2, -0.15) is 0 Å². The Bertz CT molecular complexity index is 340. The molecule has 2 atom stereocenters. The van der Waals surface area contributed by atoms with Gasteiger partial charge in [-0.1, -0.05) is 12.1 Å². The van der Waals surface area contributed by atoms with Crippen molar-refractivity contribution in [3.05, 3.63) is 35.1 Å². The van der Waals surface area contributed by atoms with E-state index < -0.39 is 6.10 Å². The molecule has 0 aromatic heterocycles. The van der Waals surface area contributed by atoms with Crippen molar-refractivity contribution in [2.75, 3.05) is 6.54 Å². The Kier molecular flexibility index (Phi) is 2.52. The first-order valence-corrected chi connectivity index (χ1v) is 4.89. The summed E-state index contributed by atoms with van der Waals surface area (Å²) in [6.07, 6.45) is 0.853. The smallest absolute Gasteiger partial charge is 0.126 e. The van der Waals surface area contributed by atoms with Crippen molar-refractivity contribution in [2.45, 2.75) is 18.9 Å². The lowest BCUT2D eigenvalue weighted by Gasteiger charge is -2.29. The maximum atomic E-state index is 13.3. The highest BCUT2D eigenvalue weighted by molar-refractivity contribution is 5.33. The van der Waals surface area contributed by atoms with Crippen LogP contribution in [0.4, 0.5) is 4.39 Å². The van der Waals surface area contributed by atoms with Crippen LogP contribution >= 0.6 is 0 Å². The van der Waals surface area contributed by atoms with Crippen molar-refractivity contribution in [1.29, 1.82) is 0 Å². The number of hydrogen-bond donors (Lipinski definition) is 2. The Labute approximate surface area is 82.5 Å². The number of aliphatic hydroxyl groups is 1. The molecule has 1 aromatic rings. The van der Waals surface area contributed by atoms with Crippen molar-refractivity contribution in [1.82, 2.24) is 0 Å². The molecule has 1 aliphatic carbocycles. The first-order chi connectivity index (χ1) is 6.74. The van der Waals surface area contributed by atoms with Crippen molar-refractivity contribution in [3.63, 3.8) is 0 Å². The molecule has 2 nitrogen and oxygen atoms in total. The zero-order chi connectivity index (χ0) is 10.1. The van der Waals surface area contributed by atoms with Crippen molar-refractivity contribution in [3.8, 4) is 0 Å². The molecule has 2 unspecified atom stereocenters. The van der Waals surface area contributed by atoms with E-state index in [1.807, 2.05) is 0 Å². The lowest BCUT2D eigenvalue weighted by atomic mass is 9.81. The van der Waals surface area contributed by atoms with Gasteiger partial charge in [-0.3, -0.25) is 0 Å². The average molecular weight is 195 g/mol. The van der Waals surface area contributed by atoms with Gasteiger partial charge < -0.3 is 10.8 Å². The normalized spacial score (nSPS) is 25.9. The molecule has 0 radical (unpaired) electrons. The SMILES string of the molecule is NCC1CCc2c(F)cccc2C1O. The molecule has 3 N–H and O–H groups in total. The summed E-state index contributed by atoms with van der Waals surface area (Å²) in [4.78, 5) is 0. The molecule has 0 spiro atoms. The summed E-state index contributed by atoms with van der Waals surface area (Å²) in [5.41, 5.74) is 6.91. The molecule has 0 aliphatic heterocycles. The van der Waals surface area contributed by atoms with Crippen LogP contribution in [0.5, 0.6) is 0 Å². The maximum Gasteiger partial charge on any atom is 0.126 e. The Morgan fingerprint density at radius 1 is 1.50 bits per heavy atom. The summed E-state index contributed by atoms with van der Waals surface area (Å²) < 4.78 is 13.3. The zero-order valence-corrected chi connectivity index (χ0v) is 7.91. The molecule has 0 bridgehead atoms. The third-order valence-corrected chi connectivity index (χ3v) is 2.99. The van der Waals surface area contributed by atoms with Gasteiger partial charge >= 0.3 is 0 Å². The first-order valence-electron chi connectivity index (χ1n) is 4.89. The van der Waals surface area contributed by atoms with Gasteiger partial charge in [0.05, 0.1) is 6.10 Å². The van der Waals surface area contributed by atoms with Crippen molar-refractivity contribution in [2.24, 2.45) is 11.7 Å². The van der Waals surface area contributed by atoms with E-state index in [0.717, 1.165) is 6.42 Å². The molecule has 0 fully saturated rings. The van der Waals surface area contributed by atoms with Crippen LogP contribution in [-0.4, -0.2) is 11.7 Å². The molecular weight excluding hydrogens is 181 g/mol. The standard InChI is InChI=1S/C11H14FNO/c12-10-3-1-2-9-8(10)5-4-7(6-13)11(9)14/h1-3,7,11,14H,4-6,13H2. The third kappa shape index (κ3) is 1.42. The van der Waals surface area contributed by atoms with Gasteiger partial charge in [0, 0.05) is 5.92 Å². The second-order valence-corrected chi connectivity index (χ2v) is 3.79. The molecular formula is C11H14FNO. The molecule has 1 aromatic carbocycles. The van der Waals surface area contributed by atoms with Crippen LogP contribution in [-0.2, 0) is 6.42 Å². The third-order valence-electron chi connectivity index (χ3n) is 2.99. The minimum atomic E-state index is -0.598. The fourth-order valence-electron chi connectivity index (χ4n) is 2.10. The molecule has 2 rings (SSSR count). The van der Waals surface area contributed by atoms with Crippen LogP contribution in [0.2, 0.25) is 0 Å². The second kappa shape index (κ2) is 3.67. The second-order valence-electron chi connectivity index (χ2n) is 3.79. The minimum absolute atomic E-state index is 0.0734. The van der Waals surface area contributed by atoms with Crippen LogP contribution in [0, 0.1) is 11.7 Å². The van der Waals surface area contributed by atoms with Gasteiger partial charge in [0.25, 0.3) is 0 Å². The van der Waals surface area contributed by atoms with Crippen LogP contribution in [0.1, 0.15) is 23.7 Å². The predicted molar refractivity (Wildman–Crippen MR) is 52.2 cm³/mol. The van der Waals surface area contributed by atoms with Gasteiger partial charge in [-0.15, -0.1) is 0 Å². The van der Waals surface area contributed by atoms with Crippen LogP contribution in [0.25, 0.3) is 0 Å². The molecule has 1 aliphatic rings. The number of nitrogens with two attached hydrogens (primary N) is 1. The van der Waals surface area contributed by atoms with Crippen LogP contribution in [0.3, 0.4) is 0 Å². The van der Waals surface area contributed by atoms with E-state index in [0.29, 0.717) is 24.1 Å². The van der Waals surface area contributed by atoms with E-state index in [-0.39, 0.29) is 11.7 Å². The van der Waals surface area contributed by atoms with Gasteiger partial charge in [0.2, 0.25) is 0 Å². The first kappa shape index (κ1) is 9.62. The number of halogens is 1. The molecule has 0 saturated heterocycles. The summed E-state index contributed by atoms with van der Waals surface area (Å²) in [6.45, 7) is 0.455. The van der Waals surface area contributed by atoms with E-state index in [9.17, 15) is 9.50 Å². The monoisotopic (exact) mass is 195 g/mol. The van der Waals surface area contributed by atoms with Gasteiger partial charge in [0.15, 0.2) is 0 Å². The van der Waals surface area contributed by atoms with E-state index in [2.05, 4.69) is 0 Å². The summed E-state index contributed by atoms with van der Waals surface area (Å²) in [5, 5.41) is 9.90. The molecule has 0 heterocycles. The Balaban J connectivity index is 2.41. The summed E-state index contributed by atoms with van der Waals surface area (Å²) in [6, 6.07) is 4.86. The molecule has 0 amide bonds. The number of hydrogen-bond acceptors (Lipinski definition) is 2. The number of fused-ring (bicyclic) bond motifs is 1. The Hall–Kier alpha value is -0.930. The van der Waals surface area contributed by atoms with E-state index in [1.54, 1.807) is 12.1 Å². The summed E-state index contributed by atoms with van der Waals surface area (Å²) in [7, 11) is 0. The number of rotatable bonds is 1. The van der Waals surface area contributed by atoms with E-state index in [1.165, 1.54) is 6.07 Å². The molecule has 14 heavy (non-hydrogen) atoms. The summed E-state index contributed by atoms with van der Waals surface area (Å²) >= 11 is 0. The maximum absolute atomic E-state index is 13.3. The van der Waals surface area contributed by atoms with Crippen molar-refractivity contribution < 1.29 is 9.50 Å². The van der Waals surface area contributed by atoms with Crippen molar-refractivity contribution >= 4 is 0 Å². The fourth-order valence-corrected chi connectivity index (χ4v) is 2.10. The summed E-state index contributed by atoms with van der Waals surface area (Å²) in [5.74, 6) is -0.138. The lowest BCUT2D eigenvalue weighted by molar-refractivity contribution is 0.0971. The zero-order valence-electron chi connectivity index (χ0n) is 7.91. The highest BCUT2D eigenvalue weighted by Gasteiger charge is 2.28. The molecule has 76 valence electrons. The average Bonchev–Trinajstić information content (AvgIpc) is 2.20. The quantitative estimate of drug-likeness (QED) is 0.711. The van der Waals surface area contributed by atoms with Gasteiger partial charge in [-0.25, -0.2) is 4.39 Å². The van der Waals surface area contributed by atoms with E-state index >= 15 is 0 Å². The van der Waals surface area contributed by atoms with Crippen LogP contribution < -0.4 is 5.73 Å². The van der Waals surface area contributed by atoms with Crippen LogP contribution in [0.15, 0.2) is 18.2 Å². The predicted octanol–water partition coefficient (Wildman–Crippen LogP) is 1.38. The Morgan fingerprint density at radius 2 is 2.29 bits per heavy atom. The fraction of sp³-hybridized carbons (Fsp3) is 0.455. The molecule has 0 saturated carbocycles. The largest absolute Gasteiger partial charge is 0.388 e. The highest BCUT2D eigenvalue weighted by Crippen LogP contribution is 2.34. The Morgan fingerprint density at radius 3 is 3.00 bits per heavy atom. The molecule has 3 heteroatoms. The van der Waals surface area contributed by atoms with Gasteiger partial charge in [0.1, 0.15) is 5.82 Å². The topological polar surface area (TPSA) is 46.2 Å². The van der Waals surface area contributed by atoms with Gasteiger partial charge in [-0.05, 0) is 36.6 Å².